The molecule has 0 aliphatic carbocycles. The van der Waals surface area contributed by atoms with E-state index in [0.717, 1.165) is 16.7 Å². The van der Waals surface area contributed by atoms with Crippen molar-refractivity contribution in [3.63, 3.8) is 0 Å². The minimum Gasteiger partial charge on any atom is -0.355 e. The van der Waals surface area contributed by atoms with E-state index in [2.05, 4.69) is 15.3 Å². The number of nitrogens with zero attached hydrogens (tertiary/aromatic N) is 2. The zero-order valence-corrected chi connectivity index (χ0v) is 17.8. The Morgan fingerprint density at radius 2 is 1.90 bits per heavy atom. The Bertz CT molecular complexity index is 1250. The standard InChI is InChI=1S/C22H19ClN4O2S/c1-27-21(29)20-19(17(12-25-20)15-5-3-2-4-6-15)26-22(27)30-13-18(28)24-11-14-7-9-16(23)10-8-14/h2-10,12,25H,11,13H2,1H3,(H,24,28). The number of rotatable bonds is 6. The van der Waals surface area contributed by atoms with E-state index in [0.29, 0.717) is 27.8 Å². The fourth-order valence-corrected chi connectivity index (χ4v) is 3.99. The van der Waals surface area contributed by atoms with Gasteiger partial charge in [0.25, 0.3) is 5.56 Å². The van der Waals surface area contributed by atoms with Crippen LogP contribution in [0.25, 0.3) is 22.2 Å². The van der Waals surface area contributed by atoms with E-state index in [9.17, 15) is 9.59 Å². The molecule has 4 rings (SSSR count). The van der Waals surface area contributed by atoms with Crippen LogP contribution in [0.1, 0.15) is 5.56 Å². The Labute approximate surface area is 182 Å². The van der Waals surface area contributed by atoms with Gasteiger partial charge < -0.3 is 10.3 Å². The lowest BCUT2D eigenvalue weighted by atomic mass is 10.1. The second-order valence-electron chi connectivity index (χ2n) is 6.74. The van der Waals surface area contributed by atoms with Crippen molar-refractivity contribution < 1.29 is 4.79 Å². The third kappa shape index (κ3) is 4.27. The minimum atomic E-state index is -0.175. The maximum absolute atomic E-state index is 12.7. The van der Waals surface area contributed by atoms with Crippen LogP contribution in [0.4, 0.5) is 0 Å². The molecular weight excluding hydrogens is 420 g/mol. The van der Waals surface area contributed by atoms with Crippen LogP contribution in [-0.4, -0.2) is 26.2 Å². The number of aromatic amines is 1. The van der Waals surface area contributed by atoms with Crippen molar-refractivity contribution in [3.8, 4) is 11.1 Å². The first-order valence-electron chi connectivity index (χ1n) is 9.30. The third-order valence-corrected chi connectivity index (χ3v) is 5.97. The summed E-state index contributed by atoms with van der Waals surface area (Å²) >= 11 is 7.11. The number of carbonyl (C=O) groups excluding carboxylic acids is 1. The van der Waals surface area contributed by atoms with Crippen molar-refractivity contribution in [3.05, 3.63) is 81.7 Å². The average molecular weight is 439 g/mol. The van der Waals surface area contributed by atoms with Crippen molar-refractivity contribution >= 4 is 40.3 Å². The first-order chi connectivity index (χ1) is 14.5. The zero-order chi connectivity index (χ0) is 21.1. The topological polar surface area (TPSA) is 79.8 Å². The summed E-state index contributed by atoms with van der Waals surface area (Å²) in [6.07, 6.45) is 1.79. The van der Waals surface area contributed by atoms with Gasteiger partial charge in [-0.1, -0.05) is 65.8 Å². The van der Waals surface area contributed by atoms with Gasteiger partial charge in [0.2, 0.25) is 5.91 Å². The molecule has 6 nitrogen and oxygen atoms in total. The molecule has 8 heteroatoms. The molecule has 152 valence electrons. The van der Waals surface area contributed by atoms with Crippen LogP contribution in [0, 0.1) is 0 Å². The number of thioether (sulfide) groups is 1. The second-order valence-corrected chi connectivity index (χ2v) is 8.12. The molecule has 30 heavy (non-hydrogen) atoms. The number of halogens is 1. The molecule has 1 amide bonds. The Morgan fingerprint density at radius 3 is 2.63 bits per heavy atom. The van der Waals surface area contributed by atoms with E-state index < -0.39 is 0 Å². The molecule has 0 atom stereocenters. The Balaban J connectivity index is 1.51. The SMILES string of the molecule is Cn1c(SCC(=O)NCc2ccc(Cl)cc2)nc2c(-c3ccccc3)c[nH]c2c1=O. The molecule has 0 radical (unpaired) electrons. The Kier molecular flexibility index (Phi) is 5.92. The lowest BCUT2D eigenvalue weighted by molar-refractivity contribution is -0.118. The number of fused-ring (bicyclic) bond motifs is 1. The van der Waals surface area contributed by atoms with Crippen LogP contribution in [0.2, 0.25) is 5.02 Å². The molecule has 0 unspecified atom stereocenters. The van der Waals surface area contributed by atoms with Crippen LogP contribution >= 0.6 is 23.4 Å². The van der Waals surface area contributed by atoms with Crippen LogP contribution in [0.3, 0.4) is 0 Å². The number of hydrogen-bond donors (Lipinski definition) is 2. The van der Waals surface area contributed by atoms with E-state index in [1.165, 1.54) is 16.3 Å². The van der Waals surface area contributed by atoms with Crippen LogP contribution in [-0.2, 0) is 18.4 Å². The van der Waals surface area contributed by atoms with Gasteiger partial charge >= 0.3 is 0 Å². The maximum atomic E-state index is 12.7. The van der Waals surface area contributed by atoms with Crippen molar-refractivity contribution in [2.24, 2.45) is 7.05 Å². The summed E-state index contributed by atoms with van der Waals surface area (Å²) in [5.41, 5.74) is 3.68. The number of hydrogen-bond acceptors (Lipinski definition) is 4. The van der Waals surface area contributed by atoms with E-state index >= 15 is 0 Å². The molecule has 0 bridgehead atoms. The van der Waals surface area contributed by atoms with Crippen LogP contribution in [0.15, 0.2) is 70.7 Å². The summed E-state index contributed by atoms with van der Waals surface area (Å²) in [6.45, 7) is 0.415. The highest BCUT2D eigenvalue weighted by atomic mass is 35.5. The number of amides is 1. The van der Waals surface area contributed by atoms with E-state index in [1.807, 2.05) is 42.5 Å². The number of benzene rings is 2. The van der Waals surface area contributed by atoms with Gasteiger partial charge in [0.15, 0.2) is 5.16 Å². The monoisotopic (exact) mass is 438 g/mol. The summed E-state index contributed by atoms with van der Waals surface area (Å²) in [7, 11) is 1.66. The number of carbonyl (C=O) groups is 1. The molecule has 0 saturated heterocycles. The molecule has 2 aromatic heterocycles. The Morgan fingerprint density at radius 1 is 1.17 bits per heavy atom. The molecule has 0 aliphatic rings. The van der Waals surface area contributed by atoms with Gasteiger partial charge in [-0.05, 0) is 23.3 Å². The van der Waals surface area contributed by atoms with E-state index in [4.69, 9.17) is 11.6 Å². The van der Waals surface area contributed by atoms with Crippen molar-refractivity contribution in [2.45, 2.75) is 11.7 Å². The van der Waals surface area contributed by atoms with Crippen LogP contribution in [0.5, 0.6) is 0 Å². The summed E-state index contributed by atoms with van der Waals surface area (Å²) in [5.74, 6) is 0.0198. The van der Waals surface area contributed by atoms with Gasteiger partial charge in [0, 0.05) is 30.4 Å². The smallest absolute Gasteiger partial charge is 0.278 e. The molecule has 0 fully saturated rings. The summed E-state index contributed by atoms with van der Waals surface area (Å²) in [6, 6.07) is 17.1. The normalized spacial score (nSPS) is 11.0. The highest BCUT2D eigenvalue weighted by Gasteiger charge is 2.15. The van der Waals surface area contributed by atoms with Gasteiger partial charge in [-0.25, -0.2) is 4.98 Å². The summed E-state index contributed by atoms with van der Waals surface area (Å²) in [4.78, 5) is 32.7. The quantitative estimate of drug-likeness (QED) is 0.352. The number of H-pyrrole nitrogens is 1. The van der Waals surface area contributed by atoms with Gasteiger partial charge in [-0.3, -0.25) is 14.2 Å². The molecule has 0 aliphatic heterocycles. The molecule has 4 aromatic rings. The zero-order valence-electron chi connectivity index (χ0n) is 16.2. The molecule has 2 heterocycles. The molecule has 2 N–H and O–H groups in total. The van der Waals surface area contributed by atoms with Gasteiger partial charge in [-0.15, -0.1) is 0 Å². The lowest BCUT2D eigenvalue weighted by Crippen LogP contribution is -2.25. The lowest BCUT2D eigenvalue weighted by Gasteiger charge is -2.09. The first-order valence-corrected chi connectivity index (χ1v) is 10.7. The predicted molar refractivity (Wildman–Crippen MR) is 121 cm³/mol. The predicted octanol–water partition coefficient (Wildman–Crippen LogP) is 3.99. The molecular formula is C22H19ClN4O2S. The summed E-state index contributed by atoms with van der Waals surface area (Å²) in [5, 5.41) is 4.01. The van der Waals surface area contributed by atoms with Crippen molar-refractivity contribution in [1.29, 1.82) is 0 Å². The van der Waals surface area contributed by atoms with E-state index in [1.54, 1.807) is 25.4 Å². The molecule has 2 aromatic carbocycles. The third-order valence-electron chi connectivity index (χ3n) is 4.69. The molecule has 0 spiro atoms. The van der Waals surface area contributed by atoms with Crippen molar-refractivity contribution in [2.75, 3.05) is 5.75 Å². The fraction of sp³-hybridized carbons (Fsp3) is 0.136. The van der Waals surface area contributed by atoms with Gasteiger partial charge in [0.1, 0.15) is 11.0 Å². The van der Waals surface area contributed by atoms with Crippen LogP contribution < -0.4 is 10.9 Å². The van der Waals surface area contributed by atoms with Gasteiger partial charge in [-0.2, -0.15) is 0 Å². The average Bonchev–Trinajstić information content (AvgIpc) is 3.19. The maximum Gasteiger partial charge on any atom is 0.278 e. The van der Waals surface area contributed by atoms with Gasteiger partial charge in [0.05, 0.1) is 5.75 Å². The molecule has 0 saturated carbocycles. The largest absolute Gasteiger partial charge is 0.355 e. The second kappa shape index (κ2) is 8.77. The first kappa shape index (κ1) is 20.3. The highest BCUT2D eigenvalue weighted by molar-refractivity contribution is 7.99. The fourth-order valence-electron chi connectivity index (χ4n) is 3.07. The van der Waals surface area contributed by atoms with E-state index in [-0.39, 0.29) is 17.2 Å². The Hall–Kier alpha value is -3.03. The number of aromatic nitrogens is 3. The number of nitrogens with one attached hydrogen (secondary N) is 2. The highest BCUT2D eigenvalue weighted by Crippen LogP contribution is 2.27. The van der Waals surface area contributed by atoms with Crippen molar-refractivity contribution in [1.82, 2.24) is 19.9 Å². The summed E-state index contributed by atoms with van der Waals surface area (Å²) < 4.78 is 1.46. The minimum absolute atomic E-state index is 0.137.